The summed E-state index contributed by atoms with van der Waals surface area (Å²) in [5.41, 5.74) is 2.51. The average molecular weight is 711 g/mol. The van der Waals surface area contributed by atoms with Gasteiger partial charge in [0.15, 0.2) is 0 Å². The first kappa shape index (κ1) is 39.7. The second-order valence-corrected chi connectivity index (χ2v) is 13.8. The molecule has 4 aromatic rings. The zero-order chi connectivity index (χ0) is 37.4. The maximum Gasteiger partial charge on any atom is 0.522 e. The molecule has 268 valence electrons. The van der Waals surface area contributed by atoms with E-state index >= 15 is 0 Å². The van der Waals surface area contributed by atoms with Gasteiger partial charge in [-0.3, -0.25) is 4.55 Å². The van der Waals surface area contributed by atoms with E-state index in [4.69, 9.17) is 13.0 Å². The fraction of sp³-hybridized carbons (Fsp3) is 0.263. The molecule has 50 heavy (non-hydrogen) atoms. The molecule has 0 heterocycles. The third-order valence-electron chi connectivity index (χ3n) is 7.93. The van der Waals surface area contributed by atoms with Crippen molar-refractivity contribution in [3.05, 3.63) is 138 Å². The Balaban J connectivity index is 0.000000753. The lowest BCUT2D eigenvalue weighted by Crippen LogP contribution is -2.25. The summed E-state index contributed by atoms with van der Waals surface area (Å²) in [7, 11) is 10.4. The molecule has 0 aliphatic carbocycles. The summed E-state index contributed by atoms with van der Waals surface area (Å²) in [6.45, 7) is 0. The molecule has 0 radical (unpaired) electrons. The van der Waals surface area contributed by atoms with Gasteiger partial charge in [-0.05, 0) is 82.4 Å². The molecule has 4 rings (SSSR count). The predicted octanol–water partition coefficient (Wildman–Crippen LogP) is 7.27. The monoisotopic (exact) mass is 710 g/mol. The first-order valence-corrected chi connectivity index (χ1v) is 17.0. The molecule has 0 spiro atoms. The van der Waals surface area contributed by atoms with Crippen LogP contribution in [-0.4, -0.2) is 80.0 Å². The number of nitrogens with zero attached hydrogens (tertiary/aromatic N) is 4. The van der Waals surface area contributed by atoms with Crippen molar-refractivity contribution >= 4 is 38.4 Å². The standard InChI is InChI=1S/C37H44N4O.CHF3O3S/c1-38(2)32-19-11-28(12-20-32)36(29-13-21-33(22-14-29)39(3)4)10-9-27-37(42,30-15-23-34(24-16-30)40(5)6)31-17-25-35(26-18-31)41(7)8;2-1(3,4)8(5,6)7/h9-27,42H,1-8H3;(H,5,6,7)/b27-9+;. The van der Waals surface area contributed by atoms with Gasteiger partial charge in [-0.25, -0.2) is 0 Å². The van der Waals surface area contributed by atoms with Crippen molar-refractivity contribution < 1.29 is 31.2 Å². The van der Waals surface area contributed by atoms with Gasteiger partial charge >= 0.3 is 15.6 Å². The minimum absolute atomic E-state index is 0.808. The number of benzene rings is 4. The summed E-state index contributed by atoms with van der Waals surface area (Å²) < 4.78 is 57.5. The molecule has 2 N–H and O–H groups in total. The summed E-state index contributed by atoms with van der Waals surface area (Å²) in [6.07, 6.45) is 5.97. The molecule has 0 atom stereocenters. The van der Waals surface area contributed by atoms with Crippen LogP contribution in [-0.2, 0) is 15.7 Å². The number of anilines is 4. The van der Waals surface area contributed by atoms with E-state index in [-0.39, 0.29) is 0 Å². The van der Waals surface area contributed by atoms with Gasteiger partial charge < -0.3 is 24.7 Å². The summed E-state index contributed by atoms with van der Waals surface area (Å²) in [5.74, 6) is 0. The van der Waals surface area contributed by atoms with E-state index in [1.807, 2.05) is 117 Å². The third kappa shape index (κ3) is 10.1. The Morgan fingerprint density at radius 2 is 0.820 bits per heavy atom. The van der Waals surface area contributed by atoms with Crippen molar-refractivity contribution in [3.8, 4) is 0 Å². The number of aliphatic hydroxyl groups is 1. The molecule has 0 unspecified atom stereocenters. The predicted molar refractivity (Wildman–Crippen MR) is 200 cm³/mol. The molecule has 0 aliphatic rings. The Hall–Kier alpha value is -4.78. The number of alkyl halides is 3. The van der Waals surface area contributed by atoms with E-state index in [2.05, 4.69) is 74.2 Å². The number of halogens is 3. The molecule has 0 aromatic heterocycles. The van der Waals surface area contributed by atoms with E-state index in [1.165, 1.54) is 0 Å². The summed E-state index contributed by atoms with van der Waals surface area (Å²) >= 11 is 0. The lowest BCUT2D eigenvalue weighted by molar-refractivity contribution is -0.0510. The molecule has 8 nitrogen and oxygen atoms in total. The summed E-state index contributed by atoms with van der Waals surface area (Å²) in [6, 6.07) is 33.3. The molecular formula is C38H45F3N4O4S. The van der Waals surface area contributed by atoms with Gasteiger partial charge in [0.05, 0.1) is 0 Å². The lowest BCUT2D eigenvalue weighted by atomic mass is 9.85. The van der Waals surface area contributed by atoms with Crippen molar-refractivity contribution in [3.63, 3.8) is 0 Å². The van der Waals surface area contributed by atoms with Gasteiger partial charge in [0, 0.05) is 79.1 Å². The van der Waals surface area contributed by atoms with Crippen LogP contribution in [0.4, 0.5) is 35.9 Å². The van der Waals surface area contributed by atoms with Gasteiger partial charge in [0.1, 0.15) is 5.60 Å². The third-order valence-corrected chi connectivity index (χ3v) is 8.51. The number of allylic oxidation sites excluding steroid dienone is 2. The van der Waals surface area contributed by atoms with Gasteiger partial charge in [0.2, 0.25) is 0 Å². The lowest BCUT2D eigenvalue weighted by Gasteiger charge is -2.27. The summed E-state index contributed by atoms with van der Waals surface area (Å²) in [4.78, 5) is 8.32. The SMILES string of the molecule is CN(C)c1ccc(C(=C/C=C/C(O)(c2ccc(N(C)C)cc2)c2ccc(N(C)C)cc2)c2ccc(N(C)C)cc2)cc1.O=S(=O)(O)C(F)(F)F. The smallest absolute Gasteiger partial charge is 0.378 e. The fourth-order valence-corrected chi connectivity index (χ4v) is 4.91. The minimum atomic E-state index is -5.84. The number of rotatable bonds is 10. The number of hydrogen-bond acceptors (Lipinski definition) is 7. The number of hydrogen-bond donors (Lipinski definition) is 2. The maximum atomic E-state index is 12.3. The molecular weight excluding hydrogens is 666 g/mol. The van der Waals surface area contributed by atoms with Crippen LogP contribution in [0.15, 0.2) is 115 Å². The van der Waals surface area contributed by atoms with Crippen molar-refractivity contribution in [2.45, 2.75) is 11.1 Å². The molecule has 0 fully saturated rings. The Kier molecular flexibility index (Phi) is 12.9. The van der Waals surface area contributed by atoms with Crippen LogP contribution in [0.2, 0.25) is 0 Å². The van der Waals surface area contributed by atoms with Gasteiger partial charge in [0.25, 0.3) is 0 Å². The summed E-state index contributed by atoms with van der Waals surface area (Å²) in [5, 5.41) is 12.3. The zero-order valence-corrected chi connectivity index (χ0v) is 30.3. The van der Waals surface area contributed by atoms with E-state index in [9.17, 15) is 18.3 Å². The van der Waals surface area contributed by atoms with Gasteiger partial charge in [-0.2, -0.15) is 21.6 Å². The zero-order valence-electron chi connectivity index (χ0n) is 29.5. The van der Waals surface area contributed by atoms with Crippen molar-refractivity contribution in [2.24, 2.45) is 0 Å². The fourth-order valence-electron chi connectivity index (χ4n) is 4.91. The molecule has 0 saturated carbocycles. The first-order chi connectivity index (χ1) is 23.2. The normalized spacial score (nSPS) is 11.8. The highest BCUT2D eigenvalue weighted by Gasteiger charge is 2.44. The highest BCUT2D eigenvalue weighted by molar-refractivity contribution is 7.86. The quantitative estimate of drug-likeness (QED) is 0.101. The highest BCUT2D eigenvalue weighted by Crippen LogP contribution is 2.34. The van der Waals surface area contributed by atoms with Crippen molar-refractivity contribution in [2.75, 3.05) is 76.0 Å². The van der Waals surface area contributed by atoms with Crippen LogP contribution in [0.3, 0.4) is 0 Å². The van der Waals surface area contributed by atoms with Crippen LogP contribution >= 0.6 is 0 Å². The van der Waals surface area contributed by atoms with Crippen LogP contribution < -0.4 is 19.6 Å². The topological polar surface area (TPSA) is 87.6 Å². The van der Waals surface area contributed by atoms with E-state index in [1.54, 1.807) is 0 Å². The van der Waals surface area contributed by atoms with Crippen molar-refractivity contribution in [1.29, 1.82) is 0 Å². The first-order valence-electron chi connectivity index (χ1n) is 15.5. The maximum absolute atomic E-state index is 12.3. The van der Waals surface area contributed by atoms with E-state index in [0.717, 1.165) is 50.6 Å². The van der Waals surface area contributed by atoms with Gasteiger partial charge in [-0.15, -0.1) is 0 Å². The molecule has 4 aromatic carbocycles. The molecule has 0 bridgehead atoms. The molecule has 0 saturated heterocycles. The van der Waals surface area contributed by atoms with E-state index in [0.29, 0.717) is 0 Å². The van der Waals surface area contributed by atoms with Crippen LogP contribution in [0.25, 0.3) is 5.57 Å². The van der Waals surface area contributed by atoms with Crippen molar-refractivity contribution in [1.82, 2.24) is 0 Å². The molecule has 12 heteroatoms. The molecule has 0 amide bonds. The van der Waals surface area contributed by atoms with Crippen LogP contribution in [0.1, 0.15) is 22.3 Å². The molecule has 0 aliphatic heterocycles. The largest absolute Gasteiger partial charge is 0.522 e. The van der Waals surface area contributed by atoms with Gasteiger partial charge in [-0.1, -0.05) is 60.7 Å². The Morgan fingerprint density at radius 1 is 0.560 bits per heavy atom. The second kappa shape index (κ2) is 16.3. The minimum Gasteiger partial charge on any atom is -0.378 e. The Morgan fingerprint density at radius 3 is 1.06 bits per heavy atom. The highest BCUT2D eigenvalue weighted by atomic mass is 32.2. The van der Waals surface area contributed by atoms with Crippen LogP contribution in [0, 0.1) is 0 Å². The average Bonchev–Trinajstić information content (AvgIpc) is 3.06. The second-order valence-electron chi connectivity index (χ2n) is 12.4. The Labute approximate surface area is 293 Å². The Bertz CT molecular complexity index is 1750. The van der Waals surface area contributed by atoms with E-state index < -0.39 is 21.2 Å². The van der Waals surface area contributed by atoms with Crippen LogP contribution in [0.5, 0.6) is 0 Å².